The van der Waals surface area contributed by atoms with E-state index in [2.05, 4.69) is 0 Å². The van der Waals surface area contributed by atoms with Crippen molar-refractivity contribution in [3.8, 4) is 28.4 Å². The second kappa shape index (κ2) is 9.40. The largest absolute Gasteiger partial charge is 0.493 e. The Bertz CT molecular complexity index is 1370. The summed E-state index contributed by atoms with van der Waals surface area (Å²) in [5.41, 5.74) is 1.73. The number of aromatic nitrogens is 2. The summed E-state index contributed by atoms with van der Waals surface area (Å²) in [5, 5.41) is 0. The molecule has 1 aromatic heterocycles. The van der Waals surface area contributed by atoms with Crippen LogP contribution < -0.4 is 15.2 Å². The lowest BCUT2D eigenvalue weighted by molar-refractivity contribution is 0.0967. The van der Waals surface area contributed by atoms with Crippen LogP contribution in [-0.4, -0.2) is 29.3 Å². The Balaban J connectivity index is 1.84. The lowest BCUT2D eigenvalue weighted by atomic mass is 10.1. The van der Waals surface area contributed by atoms with E-state index in [4.69, 9.17) is 9.47 Å². The molecule has 0 N–H and O–H groups in total. The number of hydrogen-bond acceptors (Lipinski definition) is 4. The van der Waals surface area contributed by atoms with Gasteiger partial charge in [0.25, 0.3) is 5.91 Å². The van der Waals surface area contributed by atoms with Crippen molar-refractivity contribution in [3.63, 3.8) is 0 Å². The molecule has 4 rings (SSSR count). The fraction of sp³-hybridized carbons (Fsp3) is 0.0769. The molecule has 0 aliphatic carbocycles. The van der Waals surface area contributed by atoms with Gasteiger partial charge >= 0.3 is 5.69 Å². The van der Waals surface area contributed by atoms with Crippen LogP contribution in [0.25, 0.3) is 23.0 Å². The fourth-order valence-electron chi connectivity index (χ4n) is 3.45. The van der Waals surface area contributed by atoms with Crippen LogP contribution in [0.2, 0.25) is 0 Å². The number of carbonyl (C=O) groups excluding carboxylic acids is 1. The average Bonchev–Trinajstić information content (AvgIpc) is 3.20. The second-order valence-electron chi connectivity index (χ2n) is 7.13. The molecule has 0 amide bonds. The highest BCUT2D eigenvalue weighted by atomic mass is 19.1. The van der Waals surface area contributed by atoms with Crippen molar-refractivity contribution in [1.29, 1.82) is 0 Å². The van der Waals surface area contributed by atoms with Crippen molar-refractivity contribution in [2.24, 2.45) is 0 Å². The topological polar surface area (TPSA) is 62.5 Å². The Morgan fingerprint density at radius 2 is 1.61 bits per heavy atom. The summed E-state index contributed by atoms with van der Waals surface area (Å²) in [4.78, 5) is 26.5. The van der Waals surface area contributed by atoms with E-state index in [1.54, 1.807) is 48.7 Å². The van der Waals surface area contributed by atoms with Crippen LogP contribution in [0, 0.1) is 5.82 Å². The first kappa shape index (κ1) is 21.8. The first-order valence-electron chi connectivity index (χ1n) is 10.1. The Hall–Kier alpha value is -4.39. The van der Waals surface area contributed by atoms with Crippen LogP contribution in [0.5, 0.6) is 11.5 Å². The summed E-state index contributed by atoms with van der Waals surface area (Å²) in [6.07, 6.45) is 4.43. The normalized spacial score (nSPS) is 11.0. The van der Waals surface area contributed by atoms with E-state index >= 15 is 0 Å². The highest BCUT2D eigenvalue weighted by Gasteiger charge is 2.19. The molecule has 0 aliphatic rings. The molecule has 0 fully saturated rings. The highest BCUT2D eigenvalue weighted by molar-refractivity contribution is 5.96. The van der Waals surface area contributed by atoms with E-state index in [1.807, 2.05) is 18.2 Å². The first-order valence-corrected chi connectivity index (χ1v) is 10.1. The number of benzene rings is 3. The van der Waals surface area contributed by atoms with Gasteiger partial charge in [0.1, 0.15) is 5.82 Å². The molecule has 0 saturated heterocycles. The van der Waals surface area contributed by atoms with Gasteiger partial charge in [-0.3, -0.25) is 9.36 Å². The smallest absolute Gasteiger partial charge is 0.340 e. The van der Waals surface area contributed by atoms with Crippen LogP contribution in [0.1, 0.15) is 10.4 Å². The summed E-state index contributed by atoms with van der Waals surface area (Å²) in [6, 6.07) is 19.9. The average molecular weight is 444 g/mol. The number of rotatable bonds is 6. The summed E-state index contributed by atoms with van der Waals surface area (Å²) >= 11 is 0. The number of ether oxygens (including phenoxy) is 2. The predicted molar refractivity (Wildman–Crippen MR) is 125 cm³/mol. The molecule has 0 spiro atoms. The third-order valence-corrected chi connectivity index (χ3v) is 5.11. The van der Waals surface area contributed by atoms with Crippen LogP contribution in [0.15, 0.2) is 89.9 Å². The molecule has 0 aliphatic heterocycles. The number of para-hydroxylation sites is 1. The van der Waals surface area contributed by atoms with E-state index in [0.717, 1.165) is 4.57 Å². The van der Waals surface area contributed by atoms with Gasteiger partial charge in [-0.1, -0.05) is 30.3 Å². The maximum absolute atomic E-state index is 13.3. The van der Waals surface area contributed by atoms with Crippen molar-refractivity contribution in [2.75, 3.05) is 14.2 Å². The molecular weight excluding hydrogens is 423 g/mol. The number of methoxy groups -OCH3 is 2. The molecular formula is C26H21FN2O4. The molecule has 166 valence electrons. The van der Waals surface area contributed by atoms with Crippen molar-refractivity contribution in [3.05, 3.63) is 107 Å². The quantitative estimate of drug-likeness (QED) is 0.400. The Morgan fingerprint density at radius 1 is 0.909 bits per heavy atom. The van der Waals surface area contributed by atoms with E-state index in [0.29, 0.717) is 34.0 Å². The van der Waals surface area contributed by atoms with Gasteiger partial charge in [0, 0.05) is 17.8 Å². The lowest BCUT2D eigenvalue weighted by Crippen LogP contribution is -2.27. The number of imidazole rings is 1. The zero-order chi connectivity index (χ0) is 23.4. The standard InChI is InChI=1S/C26H21FN2O4/c1-32-23-14-11-19(16-24(23)33-2)22-17-28(21-6-4-3-5-7-21)26(31)29(22)25(30)15-10-18-8-12-20(27)13-9-18/h3-17H,1-2H3/b15-10+. The van der Waals surface area contributed by atoms with E-state index in [1.165, 1.54) is 43.1 Å². The lowest BCUT2D eigenvalue weighted by Gasteiger charge is -2.10. The molecule has 0 atom stereocenters. The van der Waals surface area contributed by atoms with Gasteiger partial charge < -0.3 is 9.47 Å². The fourth-order valence-corrected chi connectivity index (χ4v) is 3.45. The molecule has 33 heavy (non-hydrogen) atoms. The van der Waals surface area contributed by atoms with Crippen molar-refractivity contribution >= 4 is 12.0 Å². The number of halogens is 1. The highest BCUT2D eigenvalue weighted by Crippen LogP contribution is 2.32. The van der Waals surface area contributed by atoms with Crippen LogP contribution in [0.4, 0.5) is 4.39 Å². The Kier molecular flexibility index (Phi) is 6.22. The second-order valence-corrected chi connectivity index (χ2v) is 7.13. The van der Waals surface area contributed by atoms with Crippen LogP contribution in [0.3, 0.4) is 0 Å². The zero-order valence-corrected chi connectivity index (χ0v) is 18.1. The van der Waals surface area contributed by atoms with Gasteiger partial charge in [0.15, 0.2) is 11.5 Å². The summed E-state index contributed by atoms with van der Waals surface area (Å²) in [6.45, 7) is 0. The van der Waals surface area contributed by atoms with Crippen LogP contribution >= 0.6 is 0 Å². The van der Waals surface area contributed by atoms with Crippen molar-refractivity contribution in [1.82, 2.24) is 9.13 Å². The maximum atomic E-state index is 13.3. The minimum absolute atomic E-state index is 0.370. The number of carbonyl (C=O) groups is 1. The first-order chi connectivity index (χ1) is 16.0. The molecule has 7 heteroatoms. The van der Waals surface area contributed by atoms with Crippen molar-refractivity contribution in [2.45, 2.75) is 0 Å². The van der Waals surface area contributed by atoms with E-state index in [-0.39, 0.29) is 5.82 Å². The minimum Gasteiger partial charge on any atom is -0.493 e. The maximum Gasteiger partial charge on any atom is 0.340 e. The zero-order valence-electron chi connectivity index (χ0n) is 18.1. The van der Waals surface area contributed by atoms with Gasteiger partial charge in [-0.05, 0) is 54.1 Å². The summed E-state index contributed by atoms with van der Waals surface area (Å²) < 4.78 is 26.4. The Labute approximate surface area is 189 Å². The molecule has 0 unspecified atom stereocenters. The summed E-state index contributed by atoms with van der Waals surface area (Å²) in [5.74, 6) is 0.0881. The number of hydrogen-bond donors (Lipinski definition) is 0. The van der Waals surface area contributed by atoms with E-state index < -0.39 is 11.6 Å². The van der Waals surface area contributed by atoms with Gasteiger partial charge in [-0.2, -0.15) is 0 Å². The van der Waals surface area contributed by atoms with Gasteiger partial charge in [-0.15, -0.1) is 0 Å². The number of allylic oxidation sites excluding steroid dienone is 1. The third-order valence-electron chi connectivity index (χ3n) is 5.11. The molecule has 1 heterocycles. The molecule has 0 radical (unpaired) electrons. The third kappa shape index (κ3) is 4.48. The number of nitrogens with zero attached hydrogens (tertiary/aromatic N) is 2. The molecule has 0 bridgehead atoms. The Morgan fingerprint density at radius 3 is 2.27 bits per heavy atom. The molecule has 6 nitrogen and oxygen atoms in total. The summed E-state index contributed by atoms with van der Waals surface area (Å²) in [7, 11) is 3.05. The molecule has 4 aromatic rings. The van der Waals surface area contributed by atoms with Crippen molar-refractivity contribution < 1.29 is 18.7 Å². The van der Waals surface area contributed by atoms with Gasteiger partial charge in [-0.25, -0.2) is 13.8 Å². The minimum atomic E-state index is -0.538. The monoisotopic (exact) mass is 444 g/mol. The predicted octanol–water partition coefficient (Wildman–Crippen LogP) is 4.82. The van der Waals surface area contributed by atoms with Crippen LogP contribution in [-0.2, 0) is 0 Å². The van der Waals surface area contributed by atoms with Gasteiger partial charge in [0.2, 0.25) is 0 Å². The SMILES string of the molecule is COc1ccc(-c2cn(-c3ccccc3)c(=O)n2C(=O)/C=C/c2ccc(F)cc2)cc1OC. The molecule has 0 saturated carbocycles. The van der Waals surface area contributed by atoms with Gasteiger partial charge in [0.05, 0.1) is 25.6 Å². The molecule has 3 aromatic carbocycles. The van der Waals surface area contributed by atoms with E-state index in [9.17, 15) is 14.0 Å².